The standard InChI is InChI=1S/C24H32F3N5O7S/c1-14-20(11-29-31(14)13-22(3,4)35)40(36,37)32-12-17(10-28-15(2)33)38-19-8-7-16(9-18(19)32)30-21(34)39-23(5,6)24(25,26)27/h7-9,11,17,35H,10,12-13H2,1-6H3,(H,28,33)(H,30,34)/t17-/m0/s1. The lowest BCUT2D eigenvalue weighted by Gasteiger charge is -2.35. The molecule has 2 aromatic rings. The highest BCUT2D eigenvalue weighted by Crippen LogP contribution is 2.40. The van der Waals surface area contributed by atoms with Crippen LogP contribution in [0.1, 0.15) is 40.3 Å². The summed E-state index contributed by atoms with van der Waals surface area (Å²) in [6.07, 6.45) is -5.88. The molecule has 2 amide bonds. The van der Waals surface area contributed by atoms with Gasteiger partial charge in [0.25, 0.3) is 10.0 Å². The first-order valence-electron chi connectivity index (χ1n) is 12.1. The zero-order chi connectivity index (χ0) is 30.3. The first-order chi connectivity index (χ1) is 18.2. The number of rotatable bonds is 8. The second-order valence-corrected chi connectivity index (χ2v) is 12.3. The summed E-state index contributed by atoms with van der Waals surface area (Å²) in [6.45, 7) is 7.04. The minimum atomic E-state index is -4.82. The van der Waals surface area contributed by atoms with Crippen molar-refractivity contribution in [2.24, 2.45) is 0 Å². The van der Waals surface area contributed by atoms with Crippen LogP contribution in [0, 0.1) is 6.92 Å². The van der Waals surface area contributed by atoms with E-state index in [1.54, 1.807) is 13.8 Å². The molecule has 0 fully saturated rings. The molecule has 1 aromatic carbocycles. The van der Waals surface area contributed by atoms with E-state index in [2.05, 4.69) is 20.5 Å². The first kappa shape index (κ1) is 31.0. The fourth-order valence-electron chi connectivity index (χ4n) is 3.74. The van der Waals surface area contributed by atoms with Crippen molar-refractivity contribution >= 4 is 33.4 Å². The molecule has 0 saturated heterocycles. The summed E-state index contributed by atoms with van der Waals surface area (Å²) in [4.78, 5) is 23.5. The van der Waals surface area contributed by atoms with Crippen LogP contribution in [-0.2, 0) is 26.1 Å². The van der Waals surface area contributed by atoms with Gasteiger partial charge in [-0.1, -0.05) is 0 Å². The van der Waals surface area contributed by atoms with Crippen molar-refractivity contribution in [2.75, 3.05) is 22.7 Å². The number of benzene rings is 1. The van der Waals surface area contributed by atoms with Crippen molar-refractivity contribution in [1.82, 2.24) is 15.1 Å². The van der Waals surface area contributed by atoms with Gasteiger partial charge in [0.1, 0.15) is 16.7 Å². The lowest BCUT2D eigenvalue weighted by molar-refractivity contribution is -0.242. The SMILES string of the molecule is CC(=O)NC[C@H]1CN(S(=O)(=O)c2cnn(CC(C)(C)O)c2C)c2cc(NC(=O)OC(C)(C)C(F)(F)F)ccc2O1. The van der Waals surface area contributed by atoms with Gasteiger partial charge in [0.2, 0.25) is 11.5 Å². The third-order valence-corrected chi connectivity index (χ3v) is 7.79. The van der Waals surface area contributed by atoms with Gasteiger partial charge in [-0.15, -0.1) is 0 Å². The Bertz CT molecular complexity index is 1380. The van der Waals surface area contributed by atoms with Gasteiger partial charge >= 0.3 is 12.3 Å². The van der Waals surface area contributed by atoms with Crippen LogP contribution in [0.25, 0.3) is 0 Å². The van der Waals surface area contributed by atoms with Crippen molar-refractivity contribution in [3.63, 3.8) is 0 Å². The normalized spacial score (nSPS) is 16.1. The second-order valence-electron chi connectivity index (χ2n) is 10.5. The van der Waals surface area contributed by atoms with Crippen molar-refractivity contribution in [3.8, 4) is 5.75 Å². The summed E-state index contributed by atoms with van der Waals surface area (Å²) >= 11 is 0. The van der Waals surface area contributed by atoms with E-state index >= 15 is 0 Å². The number of aromatic nitrogens is 2. The Morgan fingerprint density at radius 2 is 1.88 bits per heavy atom. The van der Waals surface area contributed by atoms with Crippen molar-refractivity contribution in [2.45, 2.75) is 76.5 Å². The molecule has 0 unspecified atom stereocenters. The van der Waals surface area contributed by atoms with Crippen LogP contribution in [0.5, 0.6) is 5.75 Å². The number of ether oxygens (including phenoxy) is 2. The third kappa shape index (κ3) is 6.96. The molecule has 222 valence electrons. The van der Waals surface area contributed by atoms with Gasteiger partial charge in [-0.05, 0) is 52.8 Å². The van der Waals surface area contributed by atoms with Gasteiger partial charge in [-0.2, -0.15) is 18.3 Å². The quantitative estimate of drug-likeness (QED) is 0.424. The average molecular weight is 592 g/mol. The number of nitrogens with one attached hydrogen (secondary N) is 2. The molecule has 0 spiro atoms. The maximum Gasteiger partial charge on any atom is 0.427 e. The molecule has 2 heterocycles. The van der Waals surface area contributed by atoms with Crippen LogP contribution in [0.4, 0.5) is 29.3 Å². The molecule has 3 N–H and O–H groups in total. The molecule has 1 aliphatic heterocycles. The molecule has 1 aliphatic rings. The van der Waals surface area contributed by atoms with E-state index in [1.807, 2.05) is 0 Å². The number of hydrogen-bond acceptors (Lipinski definition) is 8. The lowest BCUT2D eigenvalue weighted by atomic mass is 10.1. The largest absolute Gasteiger partial charge is 0.484 e. The number of anilines is 2. The molecule has 1 atom stereocenters. The summed E-state index contributed by atoms with van der Waals surface area (Å²) in [5, 5.41) is 19.0. The highest BCUT2D eigenvalue weighted by atomic mass is 32.2. The minimum absolute atomic E-state index is 0.0124. The smallest absolute Gasteiger partial charge is 0.427 e. The highest BCUT2D eigenvalue weighted by Gasteiger charge is 2.51. The third-order valence-electron chi connectivity index (χ3n) is 5.91. The second kappa shape index (κ2) is 10.8. The maximum atomic E-state index is 13.9. The molecule has 1 aromatic heterocycles. The maximum absolute atomic E-state index is 13.9. The van der Waals surface area contributed by atoms with E-state index in [4.69, 9.17) is 4.74 Å². The van der Waals surface area contributed by atoms with Gasteiger partial charge in [0, 0.05) is 12.6 Å². The topological polar surface area (TPSA) is 152 Å². The minimum Gasteiger partial charge on any atom is -0.484 e. The van der Waals surface area contributed by atoms with Gasteiger partial charge in [-0.3, -0.25) is 19.1 Å². The van der Waals surface area contributed by atoms with Crippen molar-refractivity contribution < 1.29 is 45.8 Å². The van der Waals surface area contributed by atoms with E-state index in [-0.39, 0.29) is 53.3 Å². The Kier molecular flexibility index (Phi) is 8.37. The number of alkyl halides is 3. The molecule has 0 aliphatic carbocycles. The molecule has 0 bridgehead atoms. The number of carbonyl (C=O) groups is 2. The molecule has 0 saturated carbocycles. The van der Waals surface area contributed by atoms with E-state index in [0.29, 0.717) is 13.8 Å². The summed E-state index contributed by atoms with van der Waals surface area (Å²) < 4.78 is 79.9. The molecule has 16 heteroatoms. The van der Waals surface area contributed by atoms with Gasteiger partial charge in [0.15, 0.2) is 0 Å². The van der Waals surface area contributed by atoms with E-state index < -0.39 is 39.6 Å². The number of halogens is 3. The predicted molar refractivity (Wildman–Crippen MR) is 138 cm³/mol. The highest BCUT2D eigenvalue weighted by molar-refractivity contribution is 7.92. The number of amides is 2. The molecule has 0 radical (unpaired) electrons. The molecular formula is C24H32F3N5O7S. The number of fused-ring (bicyclic) bond motifs is 1. The predicted octanol–water partition coefficient (Wildman–Crippen LogP) is 2.94. The lowest BCUT2D eigenvalue weighted by Crippen LogP contribution is -2.48. The van der Waals surface area contributed by atoms with Crippen LogP contribution in [0.2, 0.25) is 0 Å². The number of aliphatic hydroxyl groups is 1. The summed E-state index contributed by atoms with van der Waals surface area (Å²) in [5.74, 6) is -0.270. The van der Waals surface area contributed by atoms with Crippen LogP contribution < -0.4 is 19.7 Å². The van der Waals surface area contributed by atoms with Gasteiger partial charge < -0.3 is 19.9 Å². The monoisotopic (exact) mass is 591 g/mol. The van der Waals surface area contributed by atoms with E-state index in [1.165, 1.54) is 36.7 Å². The van der Waals surface area contributed by atoms with Crippen LogP contribution in [0.3, 0.4) is 0 Å². The fourth-order valence-corrected chi connectivity index (χ4v) is 5.40. The average Bonchev–Trinajstić information content (AvgIpc) is 3.15. The first-order valence-corrected chi connectivity index (χ1v) is 13.5. The number of carbonyl (C=O) groups excluding carboxylic acids is 2. The van der Waals surface area contributed by atoms with Crippen LogP contribution in [-0.4, -0.2) is 71.9 Å². The van der Waals surface area contributed by atoms with Crippen molar-refractivity contribution in [1.29, 1.82) is 0 Å². The number of hydrogen-bond donors (Lipinski definition) is 3. The zero-order valence-electron chi connectivity index (χ0n) is 22.8. The Morgan fingerprint density at radius 3 is 2.45 bits per heavy atom. The summed E-state index contributed by atoms with van der Waals surface area (Å²) in [5.41, 5.74) is -3.77. The molecule has 40 heavy (non-hydrogen) atoms. The van der Waals surface area contributed by atoms with Gasteiger partial charge in [-0.25, -0.2) is 13.2 Å². The number of nitrogens with zero attached hydrogens (tertiary/aromatic N) is 3. The summed E-state index contributed by atoms with van der Waals surface area (Å²) in [7, 11) is -4.32. The Balaban J connectivity index is 1.99. The Labute approximate surface area is 229 Å². The molecule has 12 nitrogen and oxygen atoms in total. The summed E-state index contributed by atoms with van der Waals surface area (Å²) in [6, 6.07) is 3.87. The van der Waals surface area contributed by atoms with E-state index in [0.717, 1.165) is 10.5 Å². The number of sulfonamides is 1. The molecular weight excluding hydrogens is 559 g/mol. The van der Waals surface area contributed by atoms with Crippen LogP contribution in [0.15, 0.2) is 29.3 Å². The Hall–Kier alpha value is -3.53. The molecule has 3 rings (SSSR count). The van der Waals surface area contributed by atoms with Crippen molar-refractivity contribution in [3.05, 3.63) is 30.1 Å². The van der Waals surface area contributed by atoms with Gasteiger partial charge in [0.05, 0.1) is 42.8 Å². The zero-order valence-corrected chi connectivity index (χ0v) is 23.6. The Morgan fingerprint density at radius 1 is 1.23 bits per heavy atom. The van der Waals surface area contributed by atoms with Crippen LogP contribution >= 0.6 is 0 Å². The fraction of sp³-hybridized carbons (Fsp3) is 0.542. The van der Waals surface area contributed by atoms with E-state index in [9.17, 15) is 36.3 Å².